The molecule has 3 fully saturated rings. The number of aryl methyl sites for hydroxylation is 1. The van der Waals surface area contributed by atoms with E-state index in [1.807, 2.05) is 60.5 Å². The molecule has 0 unspecified atom stereocenters. The molecule has 0 spiro atoms. The summed E-state index contributed by atoms with van der Waals surface area (Å²) >= 11 is 3.58. The number of anilines is 7. The van der Waals surface area contributed by atoms with Gasteiger partial charge in [-0.3, -0.25) is 24.6 Å². The second kappa shape index (κ2) is 17.0. The summed E-state index contributed by atoms with van der Waals surface area (Å²) in [6.07, 6.45) is 7.99. The molecular weight excluding hydrogens is 833 g/mol. The summed E-state index contributed by atoms with van der Waals surface area (Å²) in [4.78, 5) is 42.4. The average Bonchev–Trinajstić information content (AvgIpc) is 3.68. The van der Waals surface area contributed by atoms with E-state index in [0.717, 1.165) is 91.3 Å². The van der Waals surface area contributed by atoms with Gasteiger partial charge in [0.2, 0.25) is 11.9 Å². The van der Waals surface area contributed by atoms with Gasteiger partial charge in [0, 0.05) is 117 Å². The van der Waals surface area contributed by atoms with Gasteiger partial charge >= 0.3 is 6.03 Å². The number of hydrogen-bond acceptors (Lipinski definition) is 12. The van der Waals surface area contributed by atoms with Gasteiger partial charge in [0.25, 0.3) is 0 Å². The summed E-state index contributed by atoms with van der Waals surface area (Å²) < 4.78 is 21.5. The van der Waals surface area contributed by atoms with Crippen molar-refractivity contribution in [2.45, 2.75) is 25.3 Å². The van der Waals surface area contributed by atoms with E-state index in [1.54, 1.807) is 31.5 Å². The highest BCUT2D eigenvalue weighted by Crippen LogP contribution is 2.42. The number of imide groups is 1. The maximum Gasteiger partial charge on any atom is 0.328 e. The lowest BCUT2D eigenvalue weighted by Gasteiger charge is -2.44. The van der Waals surface area contributed by atoms with Crippen LogP contribution in [-0.4, -0.2) is 109 Å². The molecule has 3 saturated heterocycles. The number of rotatable bonds is 11. The van der Waals surface area contributed by atoms with Crippen molar-refractivity contribution >= 4 is 80.5 Å². The Labute approximate surface area is 352 Å². The molecule has 3 N–H and O–H groups in total. The molecule has 5 heterocycles. The van der Waals surface area contributed by atoms with E-state index in [9.17, 15) is 14.2 Å². The molecule has 5 aromatic rings. The molecule has 0 aliphatic carbocycles. The van der Waals surface area contributed by atoms with Crippen LogP contribution >= 0.6 is 23.1 Å². The quantitative estimate of drug-likeness (QED) is 0.122. The lowest BCUT2D eigenvalue weighted by atomic mass is 9.98. The second-order valence-electron chi connectivity index (χ2n) is 15.5. The van der Waals surface area contributed by atoms with E-state index < -0.39 is 7.14 Å². The van der Waals surface area contributed by atoms with Crippen molar-refractivity contribution in [3.63, 3.8) is 0 Å². The van der Waals surface area contributed by atoms with Crippen LogP contribution in [0.2, 0.25) is 0 Å². The van der Waals surface area contributed by atoms with Crippen molar-refractivity contribution in [3.05, 3.63) is 83.7 Å². The molecule has 59 heavy (non-hydrogen) atoms. The first-order chi connectivity index (χ1) is 28.4. The van der Waals surface area contributed by atoms with Gasteiger partial charge in [-0.2, -0.15) is 10.1 Å². The maximum atomic E-state index is 13.0. The number of carbonyl (C=O) groups excluding carboxylic acids is 2. The fraction of sp³-hybridized carbons (Fsp3) is 0.357. The molecule has 8 rings (SSSR count). The Balaban J connectivity index is 0.945. The molecule has 3 aromatic carbocycles. The number of halogens is 1. The van der Waals surface area contributed by atoms with Gasteiger partial charge in [0.1, 0.15) is 18.7 Å². The predicted octanol–water partition coefficient (Wildman–Crippen LogP) is 6.62. The molecule has 17 heteroatoms. The summed E-state index contributed by atoms with van der Waals surface area (Å²) in [6, 6.07) is 20.0. The van der Waals surface area contributed by atoms with Gasteiger partial charge in [0.05, 0.1) is 29.2 Å². The van der Waals surface area contributed by atoms with Crippen molar-refractivity contribution < 1.29 is 18.9 Å². The highest BCUT2D eigenvalue weighted by atomic mass is 79.9. The van der Waals surface area contributed by atoms with Crippen LogP contribution in [0.4, 0.5) is 45.0 Å². The maximum absolute atomic E-state index is 13.0. The number of hydrogen-bond donors (Lipinski definition) is 3. The first kappa shape index (κ1) is 40.3. The fourth-order valence-electron chi connectivity index (χ4n) is 8.17. The molecule has 3 aliphatic heterocycles. The van der Waals surface area contributed by atoms with E-state index >= 15 is 0 Å². The molecule has 2 aromatic heterocycles. The third-order valence-electron chi connectivity index (χ3n) is 11.3. The molecule has 15 nitrogen and oxygen atoms in total. The van der Waals surface area contributed by atoms with Crippen molar-refractivity contribution in [1.29, 1.82) is 0 Å². The lowest BCUT2D eigenvalue weighted by molar-refractivity contribution is -0.120. The number of amides is 3. The van der Waals surface area contributed by atoms with E-state index in [1.165, 1.54) is 0 Å². The third-order valence-corrected chi connectivity index (χ3v) is 13.4. The number of nitrogens with one attached hydrogen (secondary N) is 3. The van der Waals surface area contributed by atoms with Crippen LogP contribution in [0.15, 0.2) is 83.7 Å². The van der Waals surface area contributed by atoms with Crippen LogP contribution in [0.1, 0.15) is 19.3 Å². The summed E-state index contributed by atoms with van der Waals surface area (Å²) in [5.41, 5.74) is 6.49. The Kier molecular flexibility index (Phi) is 11.7. The summed E-state index contributed by atoms with van der Waals surface area (Å²) in [6.45, 7) is 9.54. The molecule has 0 saturated carbocycles. The Bertz CT molecular complexity index is 2390. The zero-order chi connectivity index (χ0) is 41.3. The minimum Gasteiger partial charge on any atom is -0.494 e. The van der Waals surface area contributed by atoms with Crippen LogP contribution in [0, 0.1) is 0 Å². The molecular formula is C42H49BrN11O4P. The largest absolute Gasteiger partial charge is 0.494 e. The molecule has 0 bridgehead atoms. The number of carbonyl (C=O) groups is 2. The van der Waals surface area contributed by atoms with Crippen LogP contribution < -0.4 is 40.7 Å². The lowest BCUT2D eigenvalue weighted by Crippen LogP contribution is -2.53. The highest BCUT2D eigenvalue weighted by molar-refractivity contribution is 9.10. The van der Waals surface area contributed by atoms with Crippen molar-refractivity contribution in [2.24, 2.45) is 7.05 Å². The molecule has 3 aliphatic rings. The van der Waals surface area contributed by atoms with Crippen LogP contribution in [0.3, 0.4) is 0 Å². The number of piperidine rings is 1. The molecule has 308 valence electrons. The number of urea groups is 1. The van der Waals surface area contributed by atoms with E-state index in [2.05, 4.69) is 80.9 Å². The van der Waals surface area contributed by atoms with Crippen LogP contribution in [-0.2, 0) is 16.4 Å². The van der Waals surface area contributed by atoms with E-state index in [4.69, 9.17) is 9.72 Å². The monoisotopic (exact) mass is 881 g/mol. The van der Waals surface area contributed by atoms with Crippen LogP contribution in [0.25, 0.3) is 11.1 Å². The Morgan fingerprint density at radius 1 is 0.864 bits per heavy atom. The molecule has 0 atom stereocenters. The summed E-state index contributed by atoms with van der Waals surface area (Å²) in [5.74, 6) is 1.34. The zero-order valence-electron chi connectivity index (χ0n) is 33.7. The first-order valence-corrected chi connectivity index (χ1v) is 23.2. The minimum atomic E-state index is -2.55. The number of aromatic nitrogens is 4. The van der Waals surface area contributed by atoms with Gasteiger partial charge in [-0.05, 0) is 84.6 Å². The third kappa shape index (κ3) is 8.94. The summed E-state index contributed by atoms with van der Waals surface area (Å²) in [7, 11) is 1.04. The minimum absolute atomic E-state index is 0.229. The van der Waals surface area contributed by atoms with Crippen molar-refractivity contribution in [3.8, 4) is 16.9 Å². The Hall–Kier alpha value is -5.44. The summed E-state index contributed by atoms with van der Waals surface area (Å²) in [5, 5.41) is 14.4. The normalized spacial score (nSPS) is 16.9. The number of benzene rings is 3. The molecule has 0 radical (unpaired) electrons. The van der Waals surface area contributed by atoms with Gasteiger partial charge in [-0.25, -0.2) is 9.78 Å². The number of para-hydroxylation sites is 1. The van der Waals surface area contributed by atoms with Crippen LogP contribution in [0.5, 0.6) is 5.75 Å². The number of ether oxygens (including phenoxy) is 1. The SMILES string of the molecule is COc1cc(N2CCC(N3CCN(c4ccc(N5CCC(=O)NC5=O)cc4)CC3)CC2)c(-c2cnn(C)c2)cc1Nc1ncc(Br)c(Nc2ccccc2P(C)(C)=O)n1. The second-order valence-corrected chi connectivity index (χ2v) is 19.5. The van der Waals surface area contributed by atoms with Gasteiger partial charge in [0.15, 0.2) is 0 Å². The number of piperazine rings is 1. The number of nitrogens with zero attached hydrogens (tertiary/aromatic N) is 8. The number of methoxy groups -OCH3 is 1. The zero-order valence-corrected chi connectivity index (χ0v) is 36.2. The van der Waals surface area contributed by atoms with Gasteiger partial charge in [-0.15, -0.1) is 0 Å². The fourth-order valence-corrected chi connectivity index (χ4v) is 9.62. The Morgan fingerprint density at radius 2 is 1.59 bits per heavy atom. The molecule has 3 amide bonds. The average molecular weight is 883 g/mol. The van der Waals surface area contributed by atoms with E-state index in [-0.39, 0.29) is 11.9 Å². The highest BCUT2D eigenvalue weighted by Gasteiger charge is 2.30. The van der Waals surface area contributed by atoms with Gasteiger partial charge in [-0.1, -0.05) is 12.1 Å². The van der Waals surface area contributed by atoms with E-state index in [0.29, 0.717) is 46.7 Å². The smallest absolute Gasteiger partial charge is 0.328 e. The van der Waals surface area contributed by atoms with Gasteiger partial charge < -0.3 is 29.7 Å². The van der Waals surface area contributed by atoms with Crippen molar-refractivity contribution in [1.82, 2.24) is 30.0 Å². The predicted molar refractivity (Wildman–Crippen MR) is 238 cm³/mol. The van der Waals surface area contributed by atoms with Crippen molar-refractivity contribution in [2.75, 3.05) is 91.6 Å². The topological polar surface area (TPSA) is 153 Å². The first-order valence-electron chi connectivity index (χ1n) is 19.8. The Morgan fingerprint density at radius 3 is 2.27 bits per heavy atom. The standard InChI is InChI=1S/C42H49BrN11O4P/c1-50-27-28(25-45-50)32-23-35(47-41-44-26-33(43)40(49-41)46-34-7-5-6-8-38(34)59(3,4)57)37(58-2)24-36(32)53-16-13-30(14-17-53)52-21-19-51(20-22-52)29-9-11-31(12-10-29)54-18-15-39(55)48-42(54)56/h5-12,23-27,30H,13-22H2,1-4H3,(H,48,55,56)(H2,44,46,47,49).